The first-order valence-electron chi connectivity index (χ1n) is 7.78. The van der Waals surface area contributed by atoms with Crippen LogP contribution in [0.25, 0.3) is 10.9 Å². The van der Waals surface area contributed by atoms with E-state index in [0.29, 0.717) is 5.02 Å². The Labute approximate surface area is 151 Å². The summed E-state index contributed by atoms with van der Waals surface area (Å²) in [5.41, 5.74) is 3.49. The van der Waals surface area contributed by atoms with Crippen molar-refractivity contribution in [3.63, 3.8) is 0 Å². The standard InChI is InChI=1S/C19H18ClN3O2/c1-12-8-18(21-14-5-3-4-13(20)9-14)23-17-7-6-15(10-16(12)17)22-19(24)11-25-2/h3-10H,11H2,1-2H3,(H,21,23)(H,22,24). The highest BCUT2D eigenvalue weighted by molar-refractivity contribution is 6.30. The molecule has 0 spiro atoms. The number of amides is 1. The topological polar surface area (TPSA) is 63.2 Å². The van der Waals surface area contributed by atoms with E-state index in [-0.39, 0.29) is 12.5 Å². The molecule has 6 heteroatoms. The molecule has 2 aromatic carbocycles. The number of aryl methyl sites for hydroxylation is 1. The molecule has 1 aromatic heterocycles. The number of anilines is 3. The van der Waals surface area contributed by atoms with Gasteiger partial charge in [-0.25, -0.2) is 4.98 Å². The smallest absolute Gasteiger partial charge is 0.250 e. The number of rotatable bonds is 5. The zero-order valence-corrected chi connectivity index (χ0v) is 14.7. The van der Waals surface area contributed by atoms with Crippen molar-refractivity contribution in [2.75, 3.05) is 24.4 Å². The fourth-order valence-corrected chi connectivity index (χ4v) is 2.77. The molecule has 5 nitrogen and oxygen atoms in total. The molecule has 3 rings (SSSR count). The van der Waals surface area contributed by atoms with Crippen molar-refractivity contribution in [3.05, 3.63) is 59.1 Å². The van der Waals surface area contributed by atoms with Crippen molar-refractivity contribution in [3.8, 4) is 0 Å². The predicted molar refractivity (Wildman–Crippen MR) is 102 cm³/mol. The summed E-state index contributed by atoms with van der Waals surface area (Å²) in [4.78, 5) is 16.3. The van der Waals surface area contributed by atoms with Crippen LogP contribution in [0.5, 0.6) is 0 Å². The molecule has 1 amide bonds. The second kappa shape index (κ2) is 7.51. The fourth-order valence-electron chi connectivity index (χ4n) is 2.58. The lowest BCUT2D eigenvalue weighted by Gasteiger charge is -2.11. The summed E-state index contributed by atoms with van der Waals surface area (Å²) in [6.07, 6.45) is 0. The number of fused-ring (bicyclic) bond motifs is 1. The number of hydrogen-bond donors (Lipinski definition) is 2. The van der Waals surface area contributed by atoms with Crippen LogP contribution in [0.2, 0.25) is 5.02 Å². The molecule has 3 aromatic rings. The molecule has 0 fully saturated rings. The molecule has 0 saturated carbocycles. The Bertz CT molecular complexity index is 928. The summed E-state index contributed by atoms with van der Waals surface area (Å²) in [7, 11) is 1.49. The zero-order valence-electron chi connectivity index (χ0n) is 14.0. The van der Waals surface area contributed by atoms with Gasteiger partial charge in [-0.2, -0.15) is 0 Å². The van der Waals surface area contributed by atoms with Crippen molar-refractivity contribution in [1.29, 1.82) is 0 Å². The van der Waals surface area contributed by atoms with Gasteiger partial charge in [-0.15, -0.1) is 0 Å². The van der Waals surface area contributed by atoms with E-state index >= 15 is 0 Å². The number of nitrogens with one attached hydrogen (secondary N) is 2. The summed E-state index contributed by atoms with van der Waals surface area (Å²) in [5.74, 6) is 0.551. The molecule has 0 bridgehead atoms. The third-order valence-corrected chi connectivity index (χ3v) is 3.91. The van der Waals surface area contributed by atoms with Crippen LogP contribution in [-0.2, 0) is 9.53 Å². The van der Waals surface area contributed by atoms with E-state index in [9.17, 15) is 4.79 Å². The van der Waals surface area contributed by atoms with Gasteiger partial charge in [0, 0.05) is 28.9 Å². The number of benzene rings is 2. The van der Waals surface area contributed by atoms with Crippen LogP contribution < -0.4 is 10.6 Å². The SMILES string of the molecule is COCC(=O)Nc1ccc2nc(Nc3cccc(Cl)c3)cc(C)c2c1. The monoisotopic (exact) mass is 355 g/mol. The normalized spacial score (nSPS) is 10.7. The third-order valence-electron chi connectivity index (χ3n) is 3.67. The molecule has 128 valence electrons. The summed E-state index contributed by atoms with van der Waals surface area (Å²) in [6, 6.07) is 15.1. The number of carbonyl (C=O) groups excluding carboxylic acids is 1. The summed E-state index contributed by atoms with van der Waals surface area (Å²) < 4.78 is 4.83. The second-order valence-corrected chi connectivity index (χ2v) is 6.11. The van der Waals surface area contributed by atoms with Gasteiger partial charge in [0.15, 0.2) is 0 Å². The Kier molecular flexibility index (Phi) is 5.16. The fraction of sp³-hybridized carbons (Fsp3) is 0.158. The predicted octanol–water partition coefficient (Wildman–Crippen LogP) is 4.53. The number of nitrogens with zero attached hydrogens (tertiary/aromatic N) is 1. The number of methoxy groups -OCH3 is 1. The maximum Gasteiger partial charge on any atom is 0.250 e. The molecule has 0 aliphatic rings. The van der Waals surface area contributed by atoms with E-state index in [2.05, 4.69) is 15.6 Å². The highest BCUT2D eigenvalue weighted by atomic mass is 35.5. The van der Waals surface area contributed by atoms with Crippen molar-refractivity contribution >= 4 is 45.6 Å². The molecular formula is C19H18ClN3O2. The van der Waals surface area contributed by atoms with Gasteiger partial charge < -0.3 is 15.4 Å². The van der Waals surface area contributed by atoms with Gasteiger partial charge in [0.2, 0.25) is 5.91 Å². The van der Waals surface area contributed by atoms with Gasteiger partial charge in [0.1, 0.15) is 12.4 Å². The van der Waals surface area contributed by atoms with E-state index in [4.69, 9.17) is 16.3 Å². The first-order valence-corrected chi connectivity index (χ1v) is 8.16. The van der Waals surface area contributed by atoms with E-state index in [1.54, 1.807) is 0 Å². The molecule has 25 heavy (non-hydrogen) atoms. The highest BCUT2D eigenvalue weighted by Crippen LogP contribution is 2.26. The van der Waals surface area contributed by atoms with E-state index in [1.165, 1.54) is 7.11 Å². The zero-order chi connectivity index (χ0) is 17.8. The molecule has 0 aliphatic heterocycles. The lowest BCUT2D eigenvalue weighted by Crippen LogP contribution is -2.17. The summed E-state index contributed by atoms with van der Waals surface area (Å²) in [6.45, 7) is 2.03. The Hall–Kier alpha value is -2.63. The van der Waals surface area contributed by atoms with Crippen LogP contribution in [0.3, 0.4) is 0 Å². The number of aromatic nitrogens is 1. The lowest BCUT2D eigenvalue weighted by atomic mass is 10.1. The van der Waals surface area contributed by atoms with Crippen molar-refractivity contribution in [2.24, 2.45) is 0 Å². The number of hydrogen-bond acceptors (Lipinski definition) is 4. The van der Waals surface area contributed by atoms with Crippen LogP contribution in [0.1, 0.15) is 5.56 Å². The van der Waals surface area contributed by atoms with Crippen molar-refractivity contribution < 1.29 is 9.53 Å². The number of halogens is 1. The van der Waals surface area contributed by atoms with Crippen LogP contribution in [0, 0.1) is 6.92 Å². The summed E-state index contributed by atoms with van der Waals surface area (Å²) in [5, 5.41) is 7.70. The van der Waals surface area contributed by atoms with Gasteiger partial charge >= 0.3 is 0 Å². The number of carbonyl (C=O) groups is 1. The molecule has 0 unspecified atom stereocenters. The Balaban J connectivity index is 1.88. The molecule has 1 heterocycles. The molecule has 0 aliphatic carbocycles. The van der Waals surface area contributed by atoms with Crippen LogP contribution >= 0.6 is 11.6 Å². The van der Waals surface area contributed by atoms with Gasteiger partial charge in [0.25, 0.3) is 0 Å². The number of pyridine rings is 1. The largest absolute Gasteiger partial charge is 0.375 e. The summed E-state index contributed by atoms with van der Waals surface area (Å²) >= 11 is 6.01. The first kappa shape index (κ1) is 17.2. The average molecular weight is 356 g/mol. The van der Waals surface area contributed by atoms with Gasteiger partial charge in [-0.05, 0) is 55.0 Å². The van der Waals surface area contributed by atoms with Gasteiger partial charge in [-0.1, -0.05) is 17.7 Å². The van der Waals surface area contributed by atoms with Crippen molar-refractivity contribution in [1.82, 2.24) is 4.98 Å². The molecule has 0 radical (unpaired) electrons. The molecule has 2 N–H and O–H groups in total. The van der Waals surface area contributed by atoms with Crippen LogP contribution in [0.4, 0.5) is 17.2 Å². The lowest BCUT2D eigenvalue weighted by molar-refractivity contribution is -0.119. The van der Waals surface area contributed by atoms with Crippen molar-refractivity contribution in [2.45, 2.75) is 6.92 Å². The minimum atomic E-state index is -0.188. The quantitative estimate of drug-likeness (QED) is 0.706. The van der Waals surface area contributed by atoms with E-state index in [1.807, 2.05) is 55.5 Å². The Morgan fingerprint density at radius 2 is 2.00 bits per heavy atom. The van der Waals surface area contributed by atoms with E-state index in [0.717, 1.165) is 33.7 Å². The molecular weight excluding hydrogens is 338 g/mol. The average Bonchev–Trinajstić information content (AvgIpc) is 2.56. The highest BCUT2D eigenvalue weighted by Gasteiger charge is 2.07. The van der Waals surface area contributed by atoms with E-state index < -0.39 is 0 Å². The molecule has 0 atom stereocenters. The maximum atomic E-state index is 11.6. The second-order valence-electron chi connectivity index (χ2n) is 5.67. The van der Waals surface area contributed by atoms with Gasteiger partial charge in [-0.3, -0.25) is 4.79 Å². The molecule has 0 saturated heterocycles. The minimum absolute atomic E-state index is 0.0256. The Morgan fingerprint density at radius 1 is 1.16 bits per heavy atom. The maximum absolute atomic E-state index is 11.6. The first-order chi connectivity index (χ1) is 12.0. The minimum Gasteiger partial charge on any atom is -0.375 e. The van der Waals surface area contributed by atoms with Crippen LogP contribution in [-0.4, -0.2) is 24.6 Å². The van der Waals surface area contributed by atoms with Crippen LogP contribution in [0.15, 0.2) is 48.5 Å². The number of ether oxygens (including phenoxy) is 1. The van der Waals surface area contributed by atoms with Gasteiger partial charge in [0.05, 0.1) is 5.52 Å². The third kappa shape index (κ3) is 4.26. The Morgan fingerprint density at radius 3 is 2.76 bits per heavy atom.